The van der Waals surface area contributed by atoms with Crippen LogP contribution in [-0.2, 0) is 0 Å². The monoisotopic (exact) mass is 469 g/mol. The van der Waals surface area contributed by atoms with Crippen molar-refractivity contribution < 1.29 is 9.90 Å². The second kappa shape index (κ2) is 10.3. The maximum Gasteiger partial charge on any atom is 0.272 e. The minimum atomic E-state index is -0.590. The topological polar surface area (TPSA) is 108 Å². The van der Waals surface area contributed by atoms with Crippen molar-refractivity contribution in [2.45, 2.75) is 31.8 Å². The highest BCUT2D eigenvalue weighted by Crippen LogP contribution is 2.19. The first-order valence-electron chi connectivity index (χ1n) is 10.9. The van der Waals surface area contributed by atoms with Crippen molar-refractivity contribution in [1.29, 1.82) is 0 Å². The van der Waals surface area contributed by atoms with Gasteiger partial charge in [-0.1, -0.05) is 23.7 Å². The van der Waals surface area contributed by atoms with Crippen LogP contribution in [0.1, 0.15) is 40.5 Å². The Morgan fingerprint density at radius 2 is 2.09 bits per heavy atom. The average molecular weight is 470 g/mol. The van der Waals surface area contributed by atoms with Crippen molar-refractivity contribution in [1.82, 2.24) is 29.7 Å². The van der Waals surface area contributed by atoms with E-state index in [1.165, 1.54) is 0 Å². The van der Waals surface area contributed by atoms with Gasteiger partial charge < -0.3 is 20.6 Å². The molecule has 1 unspecified atom stereocenters. The van der Waals surface area contributed by atoms with Crippen LogP contribution in [0.25, 0.3) is 5.82 Å². The molecule has 2 aromatic heterocycles. The Labute approximate surface area is 197 Å². The van der Waals surface area contributed by atoms with Crippen molar-refractivity contribution in [2.24, 2.45) is 0 Å². The first-order valence-corrected chi connectivity index (χ1v) is 11.3. The predicted octanol–water partition coefficient (Wildman–Crippen LogP) is 2.59. The van der Waals surface area contributed by atoms with E-state index in [4.69, 9.17) is 11.6 Å². The van der Waals surface area contributed by atoms with E-state index >= 15 is 0 Å². The Kier molecular flexibility index (Phi) is 7.22. The molecule has 0 aliphatic carbocycles. The van der Waals surface area contributed by atoms with E-state index in [2.05, 4.69) is 37.5 Å². The van der Waals surface area contributed by atoms with Gasteiger partial charge in [0, 0.05) is 29.0 Å². The summed E-state index contributed by atoms with van der Waals surface area (Å²) < 4.78 is 1.71. The second-order valence-corrected chi connectivity index (χ2v) is 8.79. The summed E-state index contributed by atoms with van der Waals surface area (Å²) in [5, 5.41) is 16.5. The number of imidazole rings is 1. The lowest BCUT2D eigenvalue weighted by Gasteiger charge is -2.29. The molecule has 1 saturated heterocycles. The Bertz CT molecular complexity index is 1110. The molecule has 0 bridgehead atoms. The summed E-state index contributed by atoms with van der Waals surface area (Å²) in [7, 11) is 2.13. The standard InChI is InChI=1S/C23H28ClN7O2/c1-15-11-25-23(27-18-6-8-30(2)9-7-18)29-21(15)31-12-19(26-14-31)22(33)28-20(13-32)16-4-3-5-17(24)10-16/h3-5,10-12,14,18,20,32H,6-9,13H2,1-2H3,(H,28,33)(H,25,27,29). The number of halogens is 1. The van der Waals surface area contributed by atoms with E-state index < -0.39 is 11.9 Å². The number of nitrogens with one attached hydrogen (secondary N) is 2. The maximum absolute atomic E-state index is 12.8. The normalized spacial score (nSPS) is 15.9. The number of carbonyl (C=O) groups excluding carboxylic acids is 1. The van der Waals surface area contributed by atoms with Crippen molar-refractivity contribution in [2.75, 3.05) is 32.1 Å². The molecule has 3 heterocycles. The van der Waals surface area contributed by atoms with Gasteiger partial charge >= 0.3 is 0 Å². The molecule has 1 aliphatic rings. The van der Waals surface area contributed by atoms with Crippen LogP contribution in [-0.4, -0.2) is 68.2 Å². The molecule has 1 aromatic carbocycles. The van der Waals surface area contributed by atoms with E-state index in [0.717, 1.165) is 31.5 Å². The van der Waals surface area contributed by atoms with Crippen LogP contribution in [0, 0.1) is 6.92 Å². The van der Waals surface area contributed by atoms with Crippen LogP contribution in [0.5, 0.6) is 0 Å². The predicted molar refractivity (Wildman–Crippen MR) is 127 cm³/mol. The molecule has 9 nitrogen and oxygen atoms in total. The molecule has 10 heteroatoms. The number of amides is 1. The van der Waals surface area contributed by atoms with Gasteiger partial charge in [-0.25, -0.2) is 9.97 Å². The molecule has 0 saturated carbocycles. The van der Waals surface area contributed by atoms with Gasteiger partial charge in [-0.05, 0) is 57.6 Å². The lowest BCUT2D eigenvalue weighted by atomic mass is 10.1. The number of hydrogen-bond acceptors (Lipinski definition) is 7. The number of carbonyl (C=O) groups is 1. The van der Waals surface area contributed by atoms with Gasteiger partial charge in [0.05, 0.1) is 12.6 Å². The number of aromatic nitrogens is 4. The SMILES string of the molecule is Cc1cnc(NC2CCN(C)CC2)nc1-n1cnc(C(=O)NC(CO)c2cccc(Cl)c2)c1. The van der Waals surface area contributed by atoms with Gasteiger partial charge in [-0.3, -0.25) is 9.36 Å². The summed E-state index contributed by atoms with van der Waals surface area (Å²) in [6.45, 7) is 3.74. The summed E-state index contributed by atoms with van der Waals surface area (Å²) in [6.07, 6.45) is 7.02. The molecule has 0 radical (unpaired) electrons. The summed E-state index contributed by atoms with van der Waals surface area (Å²) >= 11 is 6.04. The molecule has 33 heavy (non-hydrogen) atoms. The highest BCUT2D eigenvalue weighted by molar-refractivity contribution is 6.30. The Morgan fingerprint density at radius 3 is 2.82 bits per heavy atom. The van der Waals surface area contributed by atoms with Crippen LogP contribution >= 0.6 is 11.6 Å². The molecule has 3 N–H and O–H groups in total. The van der Waals surface area contributed by atoms with E-state index in [-0.39, 0.29) is 12.3 Å². The van der Waals surface area contributed by atoms with E-state index in [0.29, 0.717) is 28.4 Å². The number of anilines is 1. The van der Waals surface area contributed by atoms with E-state index in [1.807, 2.05) is 6.92 Å². The molecule has 1 atom stereocenters. The first kappa shape index (κ1) is 23.2. The van der Waals surface area contributed by atoms with Gasteiger partial charge in [0.2, 0.25) is 5.95 Å². The quantitative estimate of drug-likeness (QED) is 0.488. The lowest BCUT2D eigenvalue weighted by molar-refractivity contribution is 0.0911. The molecule has 1 amide bonds. The molecule has 174 valence electrons. The fraction of sp³-hybridized carbons (Fsp3) is 0.391. The molecule has 1 fully saturated rings. The smallest absolute Gasteiger partial charge is 0.272 e. The summed E-state index contributed by atoms with van der Waals surface area (Å²) in [5.74, 6) is 0.816. The van der Waals surface area contributed by atoms with E-state index in [9.17, 15) is 9.90 Å². The molecule has 4 rings (SSSR count). The van der Waals surface area contributed by atoms with Gasteiger partial charge in [0.25, 0.3) is 5.91 Å². The fourth-order valence-electron chi connectivity index (χ4n) is 3.85. The second-order valence-electron chi connectivity index (χ2n) is 8.35. The van der Waals surface area contributed by atoms with Gasteiger partial charge in [0.15, 0.2) is 0 Å². The zero-order chi connectivity index (χ0) is 23.4. The maximum atomic E-state index is 12.8. The number of likely N-dealkylation sites (tertiary alicyclic amines) is 1. The van der Waals surface area contributed by atoms with Crippen molar-refractivity contribution in [3.05, 3.63) is 64.8 Å². The number of rotatable bonds is 7. The Balaban J connectivity index is 1.47. The third kappa shape index (κ3) is 5.68. The molecular formula is C23H28ClN7O2. The minimum Gasteiger partial charge on any atom is -0.394 e. The van der Waals surface area contributed by atoms with Crippen molar-refractivity contribution in [3.63, 3.8) is 0 Å². The number of benzene rings is 1. The lowest BCUT2D eigenvalue weighted by Crippen LogP contribution is -2.37. The molecule has 3 aromatic rings. The van der Waals surface area contributed by atoms with Crippen LogP contribution in [0.4, 0.5) is 5.95 Å². The Morgan fingerprint density at radius 1 is 1.30 bits per heavy atom. The van der Waals surface area contributed by atoms with Gasteiger partial charge in [-0.15, -0.1) is 0 Å². The summed E-state index contributed by atoms with van der Waals surface area (Å²) in [5.41, 5.74) is 1.80. The number of aliphatic hydroxyl groups is 1. The van der Waals surface area contributed by atoms with Crippen LogP contribution in [0.15, 0.2) is 43.0 Å². The zero-order valence-corrected chi connectivity index (χ0v) is 19.5. The fourth-order valence-corrected chi connectivity index (χ4v) is 4.04. The first-order chi connectivity index (χ1) is 15.9. The van der Waals surface area contributed by atoms with Crippen LogP contribution < -0.4 is 10.6 Å². The van der Waals surface area contributed by atoms with E-state index in [1.54, 1.807) is 47.6 Å². The number of piperidine rings is 1. The van der Waals surface area contributed by atoms with Crippen molar-refractivity contribution >= 4 is 23.5 Å². The highest BCUT2D eigenvalue weighted by Gasteiger charge is 2.20. The van der Waals surface area contributed by atoms with Gasteiger partial charge in [0.1, 0.15) is 17.8 Å². The van der Waals surface area contributed by atoms with Crippen LogP contribution in [0.3, 0.4) is 0 Å². The van der Waals surface area contributed by atoms with Crippen molar-refractivity contribution in [3.8, 4) is 5.82 Å². The third-order valence-corrected chi connectivity index (χ3v) is 6.03. The summed E-state index contributed by atoms with van der Waals surface area (Å²) in [6, 6.07) is 6.77. The highest BCUT2D eigenvalue weighted by atomic mass is 35.5. The minimum absolute atomic E-state index is 0.221. The molecule has 0 spiro atoms. The van der Waals surface area contributed by atoms with Crippen LogP contribution in [0.2, 0.25) is 5.02 Å². The largest absolute Gasteiger partial charge is 0.394 e. The molecular weight excluding hydrogens is 442 g/mol. The average Bonchev–Trinajstić information content (AvgIpc) is 3.30. The zero-order valence-electron chi connectivity index (χ0n) is 18.7. The number of hydrogen-bond donors (Lipinski definition) is 3. The number of aryl methyl sites for hydroxylation is 1. The summed E-state index contributed by atoms with van der Waals surface area (Å²) in [4.78, 5) is 28.4. The number of aliphatic hydroxyl groups excluding tert-OH is 1. The Hall–Kier alpha value is -3.01. The third-order valence-electron chi connectivity index (χ3n) is 5.80. The molecule has 1 aliphatic heterocycles. The number of nitrogens with zero attached hydrogens (tertiary/aromatic N) is 5. The van der Waals surface area contributed by atoms with Gasteiger partial charge in [-0.2, -0.15) is 4.98 Å².